The Hall–Kier alpha value is -2.37. The average molecular weight is 302 g/mol. The van der Waals surface area contributed by atoms with Gasteiger partial charge in [0, 0.05) is 13.0 Å². The lowest BCUT2D eigenvalue weighted by atomic mass is 10.2. The summed E-state index contributed by atoms with van der Waals surface area (Å²) in [7, 11) is 0. The van der Waals surface area contributed by atoms with Crippen LogP contribution in [0, 0.1) is 0 Å². The highest BCUT2D eigenvalue weighted by Crippen LogP contribution is 2.19. The quantitative estimate of drug-likeness (QED) is 0.804. The highest BCUT2D eigenvalue weighted by molar-refractivity contribution is 5.79. The van der Waals surface area contributed by atoms with Crippen molar-refractivity contribution in [3.05, 3.63) is 34.4 Å². The van der Waals surface area contributed by atoms with E-state index in [9.17, 15) is 9.59 Å². The molecule has 0 fully saturated rings. The Morgan fingerprint density at radius 1 is 1.41 bits per heavy atom. The van der Waals surface area contributed by atoms with E-state index in [1.54, 1.807) is 36.6 Å². The number of fused-ring (bicyclic) bond motifs is 2. The van der Waals surface area contributed by atoms with Gasteiger partial charge in [0.25, 0.3) is 5.56 Å². The molecule has 0 N–H and O–H groups in total. The van der Waals surface area contributed by atoms with Crippen molar-refractivity contribution >= 4 is 16.9 Å². The molecule has 22 heavy (non-hydrogen) atoms. The average Bonchev–Trinajstić information content (AvgIpc) is 2.93. The predicted octanol–water partition coefficient (Wildman–Crippen LogP) is 1.67. The Morgan fingerprint density at radius 3 is 3.00 bits per heavy atom. The van der Waals surface area contributed by atoms with Crippen molar-refractivity contribution in [1.29, 1.82) is 0 Å². The van der Waals surface area contributed by atoms with Gasteiger partial charge in [0.1, 0.15) is 11.6 Å². The molecule has 0 saturated heterocycles. The van der Waals surface area contributed by atoms with Gasteiger partial charge in [-0.25, -0.2) is 9.78 Å². The van der Waals surface area contributed by atoms with Crippen LogP contribution in [0.15, 0.2) is 23.0 Å². The molecule has 0 aliphatic carbocycles. The monoisotopic (exact) mass is 302 g/mol. The number of esters is 1. The van der Waals surface area contributed by atoms with E-state index < -0.39 is 5.97 Å². The summed E-state index contributed by atoms with van der Waals surface area (Å²) < 4.78 is 12.1. The molecule has 2 heterocycles. The standard InChI is InChI=1S/C16H18N2O4/c1-10(2)22-15(19)9-21-11-5-6-13-12(8-11)16(20)18-7-3-4-14(18)17-13/h5-6,8,10H,3-4,7,9H2,1-2H3. The zero-order chi connectivity index (χ0) is 15.7. The summed E-state index contributed by atoms with van der Waals surface area (Å²) in [4.78, 5) is 28.4. The third-order valence-electron chi connectivity index (χ3n) is 3.51. The molecule has 0 saturated carbocycles. The molecule has 1 aromatic heterocycles. The summed E-state index contributed by atoms with van der Waals surface area (Å²) in [6.07, 6.45) is 1.61. The second kappa shape index (κ2) is 5.79. The van der Waals surface area contributed by atoms with Gasteiger partial charge < -0.3 is 9.47 Å². The Balaban J connectivity index is 1.84. The van der Waals surface area contributed by atoms with Gasteiger partial charge in [0.15, 0.2) is 6.61 Å². The van der Waals surface area contributed by atoms with Crippen molar-refractivity contribution in [3.63, 3.8) is 0 Å². The molecule has 0 radical (unpaired) electrons. The SMILES string of the molecule is CC(C)OC(=O)COc1ccc2nc3n(c(=O)c2c1)CCC3. The summed E-state index contributed by atoms with van der Waals surface area (Å²) in [6.45, 7) is 4.09. The van der Waals surface area contributed by atoms with E-state index in [-0.39, 0.29) is 18.3 Å². The first-order chi connectivity index (χ1) is 10.5. The maximum atomic E-state index is 12.4. The lowest BCUT2D eigenvalue weighted by Gasteiger charge is -2.10. The van der Waals surface area contributed by atoms with Crippen LogP contribution in [-0.2, 0) is 22.5 Å². The number of carbonyl (C=O) groups is 1. The summed E-state index contributed by atoms with van der Waals surface area (Å²) in [5.74, 6) is 0.872. The Morgan fingerprint density at radius 2 is 2.23 bits per heavy atom. The molecule has 0 unspecified atom stereocenters. The van der Waals surface area contributed by atoms with Crippen LogP contribution in [0.5, 0.6) is 5.75 Å². The molecular weight excluding hydrogens is 284 g/mol. The van der Waals surface area contributed by atoms with Crippen molar-refractivity contribution in [2.24, 2.45) is 0 Å². The maximum absolute atomic E-state index is 12.4. The molecule has 0 atom stereocenters. The molecule has 1 aromatic carbocycles. The number of ether oxygens (including phenoxy) is 2. The zero-order valence-electron chi connectivity index (χ0n) is 12.7. The maximum Gasteiger partial charge on any atom is 0.344 e. The van der Waals surface area contributed by atoms with E-state index in [1.165, 1.54) is 0 Å². The van der Waals surface area contributed by atoms with Crippen molar-refractivity contribution in [3.8, 4) is 5.75 Å². The van der Waals surface area contributed by atoms with E-state index in [0.717, 1.165) is 18.7 Å². The Bertz CT molecular complexity index is 780. The first-order valence-corrected chi connectivity index (χ1v) is 7.40. The second-order valence-corrected chi connectivity index (χ2v) is 5.59. The molecule has 6 heteroatoms. The van der Waals surface area contributed by atoms with Crippen LogP contribution in [0.2, 0.25) is 0 Å². The summed E-state index contributed by atoms with van der Waals surface area (Å²) in [6, 6.07) is 5.10. The van der Waals surface area contributed by atoms with Crippen molar-refractivity contribution in [1.82, 2.24) is 9.55 Å². The van der Waals surface area contributed by atoms with Crippen LogP contribution in [0.1, 0.15) is 26.1 Å². The van der Waals surface area contributed by atoms with Gasteiger partial charge in [-0.05, 0) is 38.5 Å². The van der Waals surface area contributed by atoms with Gasteiger partial charge in [-0.3, -0.25) is 9.36 Å². The van der Waals surface area contributed by atoms with Crippen LogP contribution < -0.4 is 10.3 Å². The van der Waals surface area contributed by atoms with Crippen molar-refractivity contribution in [2.75, 3.05) is 6.61 Å². The molecule has 2 aromatic rings. The highest BCUT2D eigenvalue weighted by Gasteiger charge is 2.16. The van der Waals surface area contributed by atoms with Crippen LogP contribution in [0.3, 0.4) is 0 Å². The van der Waals surface area contributed by atoms with E-state index in [0.29, 0.717) is 23.2 Å². The minimum atomic E-state index is -0.432. The number of rotatable bonds is 4. The minimum absolute atomic E-state index is 0.0484. The lowest BCUT2D eigenvalue weighted by Crippen LogP contribution is -2.21. The normalized spacial score (nSPS) is 13.4. The Kier molecular flexibility index (Phi) is 3.83. The lowest BCUT2D eigenvalue weighted by molar-refractivity contribution is -0.149. The van der Waals surface area contributed by atoms with Crippen LogP contribution in [0.25, 0.3) is 10.9 Å². The third kappa shape index (κ3) is 2.81. The van der Waals surface area contributed by atoms with Gasteiger partial charge in [0.2, 0.25) is 0 Å². The fourth-order valence-electron chi connectivity index (χ4n) is 2.59. The first kappa shape index (κ1) is 14.6. The van der Waals surface area contributed by atoms with Crippen molar-refractivity contribution < 1.29 is 14.3 Å². The third-order valence-corrected chi connectivity index (χ3v) is 3.51. The van der Waals surface area contributed by atoms with Crippen LogP contribution >= 0.6 is 0 Å². The fourth-order valence-corrected chi connectivity index (χ4v) is 2.59. The number of benzene rings is 1. The number of aromatic nitrogens is 2. The number of hydrogen-bond acceptors (Lipinski definition) is 5. The highest BCUT2D eigenvalue weighted by atomic mass is 16.6. The number of nitrogens with zero attached hydrogens (tertiary/aromatic N) is 2. The topological polar surface area (TPSA) is 70.4 Å². The zero-order valence-corrected chi connectivity index (χ0v) is 12.7. The molecule has 0 amide bonds. The molecule has 0 bridgehead atoms. The summed E-state index contributed by atoms with van der Waals surface area (Å²) in [5.41, 5.74) is 0.614. The van der Waals surface area contributed by atoms with Crippen LogP contribution in [-0.4, -0.2) is 28.2 Å². The number of aryl methyl sites for hydroxylation is 1. The summed E-state index contributed by atoms with van der Waals surface area (Å²) >= 11 is 0. The molecule has 116 valence electrons. The largest absolute Gasteiger partial charge is 0.482 e. The van der Waals surface area contributed by atoms with E-state index >= 15 is 0 Å². The van der Waals surface area contributed by atoms with Gasteiger partial charge in [-0.2, -0.15) is 0 Å². The molecule has 6 nitrogen and oxygen atoms in total. The summed E-state index contributed by atoms with van der Waals surface area (Å²) in [5, 5.41) is 0.514. The van der Waals surface area contributed by atoms with Gasteiger partial charge in [-0.15, -0.1) is 0 Å². The van der Waals surface area contributed by atoms with Gasteiger partial charge in [-0.1, -0.05) is 0 Å². The first-order valence-electron chi connectivity index (χ1n) is 7.40. The number of carbonyl (C=O) groups excluding carboxylic acids is 1. The molecule has 1 aliphatic heterocycles. The van der Waals surface area contributed by atoms with Crippen LogP contribution in [0.4, 0.5) is 0 Å². The smallest absolute Gasteiger partial charge is 0.344 e. The second-order valence-electron chi connectivity index (χ2n) is 5.59. The molecular formula is C16H18N2O4. The number of hydrogen-bond donors (Lipinski definition) is 0. The molecule has 3 rings (SSSR count). The van der Waals surface area contributed by atoms with E-state index in [4.69, 9.17) is 9.47 Å². The minimum Gasteiger partial charge on any atom is -0.482 e. The predicted molar refractivity (Wildman–Crippen MR) is 81.0 cm³/mol. The van der Waals surface area contributed by atoms with E-state index in [2.05, 4.69) is 4.98 Å². The molecule has 1 aliphatic rings. The molecule has 0 spiro atoms. The fraction of sp³-hybridized carbons (Fsp3) is 0.438. The van der Waals surface area contributed by atoms with E-state index in [1.807, 2.05) is 0 Å². The Labute approximate surface area is 127 Å². The van der Waals surface area contributed by atoms with Crippen molar-refractivity contribution in [2.45, 2.75) is 39.3 Å². The van der Waals surface area contributed by atoms with Gasteiger partial charge >= 0.3 is 5.97 Å². The van der Waals surface area contributed by atoms with Gasteiger partial charge in [0.05, 0.1) is 17.0 Å².